The molecule has 26 heavy (non-hydrogen) atoms. The number of piperazine rings is 1. The zero-order valence-corrected chi connectivity index (χ0v) is 16.6. The summed E-state index contributed by atoms with van der Waals surface area (Å²) in [4.78, 5) is 29.8. The van der Waals surface area contributed by atoms with E-state index in [0.29, 0.717) is 47.4 Å². The molecule has 1 fully saturated rings. The van der Waals surface area contributed by atoms with Gasteiger partial charge in [-0.15, -0.1) is 11.8 Å². The molecule has 0 N–H and O–H groups in total. The van der Waals surface area contributed by atoms with E-state index in [1.54, 1.807) is 51.9 Å². The van der Waals surface area contributed by atoms with Crippen molar-refractivity contribution in [3.63, 3.8) is 0 Å². The standard InChI is InChI=1S/C19H18Cl2N2O2S/c1-26-15-5-6-17(21)16(12-15)19(25)23-9-7-22(8-10-23)18(24)13-3-2-4-14(20)11-13/h2-6,11-12H,7-10H2,1H3. The van der Waals surface area contributed by atoms with Crippen LogP contribution >= 0.6 is 35.0 Å². The van der Waals surface area contributed by atoms with Gasteiger partial charge in [0.05, 0.1) is 10.6 Å². The van der Waals surface area contributed by atoms with Gasteiger partial charge in [0.2, 0.25) is 0 Å². The molecule has 1 heterocycles. The number of nitrogens with zero attached hydrogens (tertiary/aromatic N) is 2. The summed E-state index contributed by atoms with van der Waals surface area (Å²) in [6.07, 6.45) is 1.96. The third-order valence-electron chi connectivity index (χ3n) is 4.33. The number of carbonyl (C=O) groups excluding carboxylic acids is 2. The predicted octanol–water partition coefficient (Wildman–Crippen LogP) is 4.31. The van der Waals surface area contributed by atoms with Crippen LogP contribution in [0.5, 0.6) is 0 Å². The summed E-state index contributed by atoms with van der Waals surface area (Å²) in [6, 6.07) is 12.4. The average Bonchev–Trinajstić information content (AvgIpc) is 2.67. The molecule has 7 heteroatoms. The summed E-state index contributed by atoms with van der Waals surface area (Å²) in [5, 5.41) is 0.984. The molecule has 2 amide bonds. The van der Waals surface area contributed by atoms with Gasteiger partial charge in [-0.25, -0.2) is 0 Å². The van der Waals surface area contributed by atoms with Crippen molar-refractivity contribution >= 4 is 46.8 Å². The van der Waals surface area contributed by atoms with Crippen LogP contribution in [-0.4, -0.2) is 54.0 Å². The van der Waals surface area contributed by atoms with Crippen LogP contribution in [0.3, 0.4) is 0 Å². The fourth-order valence-electron chi connectivity index (χ4n) is 2.88. The summed E-state index contributed by atoms with van der Waals surface area (Å²) in [5.74, 6) is -0.164. The van der Waals surface area contributed by atoms with Crippen LogP contribution in [0.2, 0.25) is 10.0 Å². The molecular formula is C19H18Cl2N2O2S. The summed E-state index contributed by atoms with van der Waals surface area (Å²) in [6.45, 7) is 1.92. The number of thioether (sulfide) groups is 1. The van der Waals surface area contributed by atoms with Crippen LogP contribution in [0.15, 0.2) is 47.4 Å². The summed E-state index contributed by atoms with van der Waals surface area (Å²) < 4.78 is 0. The Kier molecular flexibility index (Phi) is 6.12. The van der Waals surface area contributed by atoms with Gasteiger partial charge in [-0.05, 0) is 42.7 Å². The molecule has 0 aliphatic carbocycles. The maximum atomic E-state index is 12.8. The van der Waals surface area contributed by atoms with E-state index in [9.17, 15) is 9.59 Å². The molecule has 0 radical (unpaired) electrons. The molecule has 0 saturated carbocycles. The summed E-state index contributed by atoms with van der Waals surface area (Å²) in [5.41, 5.74) is 1.07. The molecule has 0 aromatic heterocycles. The van der Waals surface area contributed by atoms with E-state index < -0.39 is 0 Å². The van der Waals surface area contributed by atoms with Crippen molar-refractivity contribution in [1.82, 2.24) is 9.80 Å². The number of rotatable bonds is 3. The van der Waals surface area contributed by atoms with Gasteiger partial charge < -0.3 is 9.80 Å². The largest absolute Gasteiger partial charge is 0.335 e. The van der Waals surface area contributed by atoms with Gasteiger partial charge in [0.25, 0.3) is 11.8 Å². The Morgan fingerprint density at radius 1 is 0.923 bits per heavy atom. The molecular weight excluding hydrogens is 391 g/mol. The SMILES string of the molecule is CSc1ccc(Cl)c(C(=O)N2CCN(C(=O)c3cccc(Cl)c3)CC2)c1. The first-order valence-corrected chi connectivity index (χ1v) is 10.2. The Morgan fingerprint density at radius 2 is 1.58 bits per heavy atom. The van der Waals surface area contributed by atoms with Gasteiger partial charge in [0.1, 0.15) is 0 Å². The molecule has 2 aromatic carbocycles. The van der Waals surface area contributed by atoms with E-state index in [2.05, 4.69) is 0 Å². The Hall–Kier alpha value is -1.69. The van der Waals surface area contributed by atoms with Crippen molar-refractivity contribution < 1.29 is 9.59 Å². The van der Waals surface area contributed by atoms with Gasteiger partial charge in [-0.3, -0.25) is 9.59 Å². The van der Waals surface area contributed by atoms with Crippen molar-refractivity contribution in [3.8, 4) is 0 Å². The molecule has 0 spiro atoms. The maximum absolute atomic E-state index is 12.8. The molecule has 1 saturated heterocycles. The highest BCUT2D eigenvalue weighted by Gasteiger charge is 2.26. The van der Waals surface area contributed by atoms with Crippen LogP contribution in [-0.2, 0) is 0 Å². The van der Waals surface area contributed by atoms with E-state index >= 15 is 0 Å². The second-order valence-corrected chi connectivity index (χ2v) is 7.66. The number of hydrogen-bond acceptors (Lipinski definition) is 3. The minimum atomic E-state index is -0.0965. The molecule has 0 unspecified atom stereocenters. The van der Waals surface area contributed by atoms with Crippen molar-refractivity contribution in [2.24, 2.45) is 0 Å². The quantitative estimate of drug-likeness (QED) is 0.710. The smallest absolute Gasteiger partial charge is 0.255 e. The van der Waals surface area contributed by atoms with E-state index in [-0.39, 0.29) is 11.8 Å². The Balaban J connectivity index is 1.67. The second-order valence-electron chi connectivity index (χ2n) is 5.94. The molecule has 1 aliphatic heterocycles. The lowest BCUT2D eigenvalue weighted by Gasteiger charge is -2.35. The molecule has 4 nitrogen and oxygen atoms in total. The van der Waals surface area contributed by atoms with Crippen LogP contribution in [0, 0.1) is 0 Å². The van der Waals surface area contributed by atoms with E-state index in [1.807, 2.05) is 18.4 Å². The molecule has 0 bridgehead atoms. The first-order chi connectivity index (χ1) is 12.5. The van der Waals surface area contributed by atoms with Crippen LogP contribution in [0.25, 0.3) is 0 Å². The molecule has 0 atom stereocenters. The molecule has 136 valence electrons. The Bertz CT molecular complexity index is 836. The summed E-state index contributed by atoms with van der Waals surface area (Å²) in [7, 11) is 0. The Labute approximate surface area is 167 Å². The number of halogens is 2. The Morgan fingerprint density at radius 3 is 2.19 bits per heavy atom. The maximum Gasteiger partial charge on any atom is 0.255 e. The van der Waals surface area contributed by atoms with Crippen molar-refractivity contribution in [1.29, 1.82) is 0 Å². The van der Waals surface area contributed by atoms with Crippen LogP contribution in [0.1, 0.15) is 20.7 Å². The second kappa shape index (κ2) is 8.33. The minimum Gasteiger partial charge on any atom is -0.335 e. The van der Waals surface area contributed by atoms with Gasteiger partial charge in [0.15, 0.2) is 0 Å². The molecule has 2 aromatic rings. The number of benzene rings is 2. The average molecular weight is 409 g/mol. The van der Waals surface area contributed by atoms with Crippen molar-refractivity contribution in [3.05, 3.63) is 63.6 Å². The fraction of sp³-hybridized carbons (Fsp3) is 0.263. The highest BCUT2D eigenvalue weighted by Crippen LogP contribution is 2.25. The highest BCUT2D eigenvalue weighted by molar-refractivity contribution is 7.98. The molecule has 3 rings (SSSR count). The van der Waals surface area contributed by atoms with Gasteiger partial charge >= 0.3 is 0 Å². The van der Waals surface area contributed by atoms with E-state index in [4.69, 9.17) is 23.2 Å². The lowest BCUT2D eigenvalue weighted by atomic mass is 10.1. The minimum absolute atomic E-state index is 0.0676. The third-order valence-corrected chi connectivity index (χ3v) is 5.62. The van der Waals surface area contributed by atoms with Crippen molar-refractivity contribution in [2.45, 2.75) is 4.90 Å². The number of amides is 2. The first kappa shape index (κ1) is 19.1. The predicted molar refractivity (Wildman–Crippen MR) is 106 cm³/mol. The normalized spacial score (nSPS) is 14.4. The van der Waals surface area contributed by atoms with E-state index in [1.165, 1.54) is 0 Å². The number of hydrogen-bond donors (Lipinski definition) is 0. The van der Waals surface area contributed by atoms with Crippen molar-refractivity contribution in [2.75, 3.05) is 32.4 Å². The van der Waals surface area contributed by atoms with Gasteiger partial charge in [0, 0.05) is 41.7 Å². The topological polar surface area (TPSA) is 40.6 Å². The lowest BCUT2D eigenvalue weighted by Crippen LogP contribution is -2.50. The number of carbonyl (C=O) groups is 2. The van der Waals surface area contributed by atoms with Gasteiger partial charge in [-0.2, -0.15) is 0 Å². The first-order valence-electron chi connectivity index (χ1n) is 8.17. The lowest BCUT2D eigenvalue weighted by molar-refractivity contribution is 0.0535. The zero-order valence-electron chi connectivity index (χ0n) is 14.2. The fourth-order valence-corrected chi connectivity index (χ4v) is 3.71. The monoisotopic (exact) mass is 408 g/mol. The van der Waals surface area contributed by atoms with E-state index in [0.717, 1.165) is 4.90 Å². The van der Waals surface area contributed by atoms with Crippen LogP contribution in [0.4, 0.5) is 0 Å². The molecule has 1 aliphatic rings. The zero-order chi connectivity index (χ0) is 18.7. The highest BCUT2D eigenvalue weighted by atomic mass is 35.5. The third kappa shape index (κ3) is 4.17. The summed E-state index contributed by atoms with van der Waals surface area (Å²) >= 11 is 13.7. The van der Waals surface area contributed by atoms with Gasteiger partial charge in [-0.1, -0.05) is 29.3 Å². The van der Waals surface area contributed by atoms with Crippen LogP contribution < -0.4 is 0 Å².